The first-order chi connectivity index (χ1) is 7.97. The summed E-state index contributed by atoms with van der Waals surface area (Å²) < 4.78 is 37.6. The number of anilines is 2. The second kappa shape index (κ2) is 4.36. The molecule has 0 radical (unpaired) electrons. The molecule has 0 saturated carbocycles. The maximum absolute atomic E-state index is 12.5. The Morgan fingerprint density at radius 1 is 1.24 bits per heavy atom. The second-order valence-electron chi connectivity index (χ2n) is 3.70. The SMILES string of the molecule is Nc1nc(N2CCNCC2)cc(C(F)(F)F)n1. The number of alkyl halides is 3. The van der Waals surface area contributed by atoms with Crippen molar-refractivity contribution in [3.8, 4) is 0 Å². The van der Waals surface area contributed by atoms with E-state index >= 15 is 0 Å². The number of piperazine rings is 1. The van der Waals surface area contributed by atoms with Gasteiger partial charge >= 0.3 is 6.18 Å². The van der Waals surface area contributed by atoms with Gasteiger partial charge in [0.2, 0.25) is 5.95 Å². The lowest BCUT2D eigenvalue weighted by Gasteiger charge is -2.28. The smallest absolute Gasteiger partial charge is 0.368 e. The van der Waals surface area contributed by atoms with Crippen LogP contribution < -0.4 is 16.0 Å². The van der Waals surface area contributed by atoms with Crippen molar-refractivity contribution in [2.24, 2.45) is 0 Å². The van der Waals surface area contributed by atoms with E-state index < -0.39 is 11.9 Å². The highest BCUT2D eigenvalue weighted by molar-refractivity contribution is 5.44. The summed E-state index contributed by atoms with van der Waals surface area (Å²) in [5, 5.41) is 3.11. The predicted molar refractivity (Wildman–Crippen MR) is 56.5 cm³/mol. The molecule has 1 saturated heterocycles. The number of hydrogen-bond donors (Lipinski definition) is 2. The van der Waals surface area contributed by atoms with Crippen LogP contribution in [-0.2, 0) is 6.18 Å². The Hall–Kier alpha value is -1.57. The summed E-state index contributed by atoms with van der Waals surface area (Å²) in [6.45, 7) is 2.64. The molecule has 0 aliphatic carbocycles. The first-order valence-electron chi connectivity index (χ1n) is 5.14. The van der Waals surface area contributed by atoms with Crippen LogP contribution in [0.25, 0.3) is 0 Å². The second-order valence-corrected chi connectivity index (χ2v) is 3.70. The third-order valence-electron chi connectivity index (χ3n) is 2.46. The molecule has 0 unspecified atom stereocenters. The molecule has 0 bridgehead atoms. The molecule has 1 fully saturated rings. The molecule has 0 spiro atoms. The van der Waals surface area contributed by atoms with E-state index in [9.17, 15) is 13.2 Å². The maximum atomic E-state index is 12.5. The van der Waals surface area contributed by atoms with Gasteiger partial charge in [-0.05, 0) is 0 Å². The number of halogens is 3. The van der Waals surface area contributed by atoms with E-state index in [2.05, 4.69) is 15.3 Å². The fraction of sp³-hybridized carbons (Fsp3) is 0.556. The van der Waals surface area contributed by atoms with Gasteiger partial charge < -0.3 is 16.0 Å². The Morgan fingerprint density at radius 2 is 1.88 bits per heavy atom. The van der Waals surface area contributed by atoms with Crippen molar-refractivity contribution >= 4 is 11.8 Å². The van der Waals surface area contributed by atoms with Gasteiger partial charge in [-0.2, -0.15) is 18.2 Å². The van der Waals surface area contributed by atoms with Gasteiger partial charge in [-0.1, -0.05) is 0 Å². The summed E-state index contributed by atoms with van der Waals surface area (Å²) in [6.07, 6.45) is -4.50. The summed E-state index contributed by atoms with van der Waals surface area (Å²) in [5.41, 5.74) is 4.30. The van der Waals surface area contributed by atoms with Crippen molar-refractivity contribution in [3.05, 3.63) is 11.8 Å². The quantitative estimate of drug-likeness (QED) is 0.756. The first kappa shape index (κ1) is 11.9. The van der Waals surface area contributed by atoms with E-state index in [4.69, 9.17) is 5.73 Å². The number of nitrogens with two attached hydrogens (primary N) is 1. The molecule has 94 valence electrons. The molecule has 2 heterocycles. The third kappa shape index (κ3) is 2.76. The van der Waals surface area contributed by atoms with E-state index in [0.717, 1.165) is 6.07 Å². The summed E-state index contributed by atoms with van der Waals surface area (Å²) in [6, 6.07) is 0.932. The minimum Gasteiger partial charge on any atom is -0.368 e. The molecule has 8 heteroatoms. The Balaban J connectivity index is 2.31. The molecule has 0 amide bonds. The summed E-state index contributed by atoms with van der Waals surface area (Å²) in [5.74, 6) is -0.125. The van der Waals surface area contributed by atoms with E-state index in [1.807, 2.05) is 0 Å². The van der Waals surface area contributed by atoms with Crippen LogP contribution >= 0.6 is 0 Å². The summed E-state index contributed by atoms with van der Waals surface area (Å²) in [4.78, 5) is 8.79. The van der Waals surface area contributed by atoms with Crippen LogP contribution in [-0.4, -0.2) is 36.1 Å². The van der Waals surface area contributed by atoms with Crippen LogP contribution in [0.5, 0.6) is 0 Å². The fourth-order valence-electron chi connectivity index (χ4n) is 1.65. The molecule has 3 N–H and O–H groups in total. The van der Waals surface area contributed by atoms with E-state index in [1.165, 1.54) is 0 Å². The monoisotopic (exact) mass is 247 g/mol. The molecule has 1 aromatic rings. The Kier molecular flexibility index (Phi) is 3.05. The number of rotatable bonds is 1. The van der Waals surface area contributed by atoms with E-state index in [0.29, 0.717) is 26.2 Å². The summed E-state index contributed by atoms with van der Waals surface area (Å²) >= 11 is 0. The minimum absolute atomic E-state index is 0.228. The van der Waals surface area contributed by atoms with Crippen molar-refractivity contribution < 1.29 is 13.2 Å². The topological polar surface area (TPSA) is 67.1 Å². The average molecular weight is 247 g/mol. The number of nitrogens with one attached hydrogen (secondary N) is 1. The zero-order chi connectivity index (χ0) is 12.5. The number of nitrogen functional groups attached to an aromatic ring is 1. The molecule has 0 atom stereocenters. The van der Waals surface area contributed by atoms with E-state index in [1.54, 1.807) is 4.90 Å². The van der Waals surface area contributed by atoms with Crippen LogP contribution in [0.2, 0.25) is 0 Å². The van der Waals surface area contributed by atoms with Gasteiger partial charge in [0.25, 0.3) is 0 Å². The fourth-order valence-corrected chi connectivity index (χ4v) is 1.65. The van der Waals surface area contributed by atoms with Crippen molar-refractivity contribution in [1.82, 2.24) is 15.3 Å². The molecule has 1 aliphatic rings. The van der Waals surface area contributed by atoms with Crippen LogP contribution in [0.4, 0.5) is 24.9 Å². The van der Waals surface area contributed by atoms with Gasteiger partial charge in [0.1, 0.15) is 5.82 Å². The highest BCUT2D eigenvalue weighted by Crippen LogP contribution is 2.30. The summed E-state index contributed by atoms with van der Waals surface area (Å²) in [7, 11) is 0. The predicted octanol–water partition coefficient (Wildman–Crippen LogP) is 0.487. The number of nitrogens with zero attached hydrogens (tertiary/aromatic N) is 3. The highest BCUT2D eigenvalue weighted by Gasteiger charge is 2.34. The lowest BCUT2D eigenvalue weighted by atomic mass is 10.3. The molecular weight excluding hydrogens is 235 g/mol. The lowest BCUT2D eigenvalue weighted by molar-refractivity contribution is -0.141. The zero-order valence-electron chi connectivity index (χ0n) is 8.96. The maximum Gasteiger partial charge on any atom is 0.433 e. The van der Waals surface area contributed by atoms with Gasteiger partial charge in [0.15, 0.2) is 5.69 Å². The number of aromatic nitrogens is 2. The van der Waals surface area contributed by atoms with Gasteiger partial charge in [0, 0.05) is 32.2 Å². The van der Waals surface area contributed by atoms with Gasteiger partial charge in [-0.3, -0.25) is 0 Å². The van der Waals surface area contributed by atoms with Crippen LogP contribution in [0.15, 0.2) is 6.07 Å². The first-order valence-corrected chi connectivity index (χ1v) is 5.14. The van der Waals surface area contributed by atoms with Crippen molar-refractivity contribution in [2.45, 2.75) is 6.18 Å². The van der Waals surface area contributed by atoms with Gasteiger partial charge in [-0.25, -0.2) is 4.98 Å². The van der Waals surface area contributed by atoms with Gasteiger partial charge in [-0.15, -0.1) is 0 Å². The van der Waals surface area contributed by atoms with Crippen molar-refractivity contribution in [3.63, 3.8) is 0 Å². The number of hydrogen-bond acceptors (Lipinski definition) is 5. The van der Waals surface area contributed by atoms with Gasteiger partial charge in [0.05, 0.1) is 0 Å². The Labute approximate surface area is 95.8 Å². The Bertz CT molecular complexity index is 400. The van der Waals surface area contributed by atoms with Crippen LogP contribution in [0, 0.1) is 0 Å². The molecule has 2 rings (SSSR count). The molecular formula is C9H12F3N5. The normalized spacial score (nSPS) is 17.2. The third-order valence-corrected chi connectivity index (χ3v) is 2.46. The Morgan fingerprint density at radius 3 is 2.47 bits per heavy atom. The zero-order valence-corrected chi connectivity index (χ0v) is 8.96. The standard InChI is InChI=1S/C9H12F3N5/c10-9(11,12)6-5-7(16-8(13)15-6)17-3-1-14-2-4-17/h5,14H,1-4H2,(H2,13,15,16). The van der Waals surface area contributed by atoms with Crippen molar-refractivity contribution in [1.29, 1.82) is 0 Å². The van der Waals surface area contributed by atoms with Crippen LogP contribution in [0.3, 0.4) is 0 Å². The molecule has 0 aromatic carbocycles. The van der Waals surface area contributed by atoms with Crippen LogP contribution in [0.1, 0.15) is 5.69 Å². The largest absolute Gasteiger partial charge is 0.433 e. The molecule has 1 aromatic heterocycles. The molecule has 1 aliphatic heterocycles. The molecule has 5 nitrogen and oxygen atoms in total. The minimum atomic E-state index is -4.50. The lowest BCUT2D eigenvalue weighted by Crippen LogP contribution is -2.44. The average Bonchev–Trinajstić information content (AvgIpc) is 2.28. The van der Waals surface area contributed by atoms with Crippen molar-refractivity contribution in [2.75, 3.05) is 36.8 Å². The highest BCUT2D eigenvalue weighted by atomic mass is 19.4. The van der Waals surface area contributed by atoms with E-state index in [-0.39, 0.29) is 11.8 Å². The molecule has 17 heavy (non-hydrogen) atoms.